The summed E-state index contributed by atoms with van der Waals surface area (Å²) in [5, 5.41) is 0. The fraction of sp³-hybridized carbons (Fsp3) is 0.167. The van der Waals surface area contributed by atoms with Gasteiger partial charge in [-0.15, -0.1) is 0 Å². The van der Waals surface area contributed by atoms with Crippen LogP contribution in [0.25, 0.3) is 0 Å². The van der Waals surface area contributed by atoms with Crippen molar-refractivity contribution in [2.45, 2.75) is 13.5 Å². The van der Waals surface area contributed by atoms with E-state index in [1.54, 1.807) is 10.9 Å². The first kappa shape index (κ1) is 13.0. The molecule has 0 aliphatic heterocycles. The molecule has 17 heavy (non-hydrogen) atoms. The quantitative estimate of drug-likeness (QED) is 0.658. The van der Waals surface area contributed by atoms with Crippen LogP contribution in [-0.2, 0) is 6.54 Å². The van der Waals surface area contributed by atoms with Gasteiger partial charge in [0.25, 0.3) is 5.56 Å². The van der Waals surface area contributed by atoms with E-state index in [4.69, 9.17) is 0 Å². The molecular formula is C12H10I2N2O. The van der Waals surface area contributed by atoms with E-state index in [1.165, 1.54) is 3.57 Å². The summed E-state index contributed by atoms with van der Waals surface area (Å²) in [7, 11) is 0. The Morgan fingerprint density at radius 1 is 1.24 bits per heavy atom. The third-order valence-corrected chi connectivity index (χ3v) is 4.38. The molecule has 0 fully saturated rings. The van der Waals surface area contributed by atoms with Gasteiger partial charge in [0.2, 0.25) is 0 Å². The molecule has 2 rings (SSSR count). The monoisotopic (exact) mass is 452 g/mol. The Bertz CT molecular complexity index is 590. The molecule has 0 spiro atoms. The fourth-order valence-corrected chi connectivity index (χ4v) is 2.25. The lowest BCUT2D eigenvalue weighted by molar-refractivity contribution is 0.723. The van der Waals surface area contributed by atoms with E-state index in [0.29, 0.717) is 10.1 Å². The van der Waals surface area contributed by atoms with Crippen molar-refractivity contribution in [3.8, 4) is 0 Å². The van der Waals surface area contributed by atoms with Gasteiger partial charge in [-0.1, -0.05) is 12.1 Å². The molecule has 0 amide bonds. The van der Waals surface area contributed by atoms with Crippen LogP contribution in [0.15, 0.2) is 35.4 Å². The lowest BCUT2D eigenvalue weighted by atomic mass is 10.2. The highest BCUT2D eigenvalue weighted by Crippen LogP contribution is 2.08. The molecule has 2 aromatic rings. The van der Waals surface area contributed by atoms with E-state index < -0.39 is 0 Å². The van der Waals surface area contributed by atoms with Crippen LogP contribution in [0.1, 0.15) is 11.3 Å². The molecule has 0 unspecified atom stereocenters. The molecule has 1 aromatic carbocycles. The van der Waals surface area contributed by atoms with Crippen LogP contribution in [0.5, 0.6) is 0 Å². The maximum atomic E-state index is 12.0. The van der Waals surface area contributed by atoms with E-state index in [-0.39, 0.29) is 5.56 Å². The van der Waals surface area contributed by atoms with Crippen molar-refractivity contribution < 1.29 is 0 Å². The standard InChI is InChI=1S/C12H10I2N2O/c1-8-11(14)12(17)16(7-15-8)6-9-2-4-10(13)5-3-9/h2-5,7H,6H2,1H3. The van der Waals surface area contributed by atoms with E-state index in [1.807, 2.05) is 53.8 Å². The van der Waals surface area contributed by atoms with Crippen LogP contribution in [0.2, 0.25) is 0 Å². The maximum Gasteiger partial charge on any atom is 0.267 e. The molecule has 1 aromatic heterocycles. The molecule has 5 heteroatoms. The predicted octanol–water partition coefficient (Wildman–Crippen LogP) is 2.81. The Balaban J connectivity index is 2.34. The molecule has 0 aliphatic rings. The van der Waals surface area contributed by atoms with Crippen molar-refractivity contribution in [3.63, 3.8) is 0 Å². The van der Waals surface area contributed by atoms with Gasteiger partial charge >= 0.3 is 0 Å². The number of nitrogens with zero attached hydrogens (tertiary/aromatic N) is 2. The molecule has 1 heterocycles. The summed E-state index contributed by atoms with van der Waals surface area (Å²) in [5.74, 6) is 0. The van der Waals surface area contributed by atoms with E-state index in [2.05, 4.69) is 27.6 Å². The largest absolute Gasteiger partial charge is 0.294 e. The summed E-state index contributed by atoms with van der Waals surface area (Å²) in [6.45, 7) is 2.41. The first-order valence-electron chi connectivity index (χ1n) is 5.04. The first-order chi connectivity index (χ1) is 8.08. The van der Waals surface area contributed by atoms with Gasteiger partial charge in [0.1, 0.15) is 0 Å². The van der Waals surface area contributed by atoms with Crippen LogP contribution in [0, 0.1) is 14.1 Å². The van der Waals surface area contributed by atoms with Crippen molar-refractivity contribution in [2.24, 2.45) is 0 Å². The topological polar surface area (TPSA) is 34.9 Å². The smallest absolute Gasteiger partial charge is 0.267 e. The SMILES string of the molecule is Cc1ncn(Cc2ccc(I)cc2)c(=O)c1I. The van der Waals surface area contributed by atoms with Gasteiger partial charge < -0.3 is 0 Å². The summed E-state index contributed by atoms with van der Waals surface area (Å²) in [5.41, 5.74) is 1.92. The van der Waals surface area contributed by atoms with Gasteiger partial charge in [-0.05, 0) is 69.8 Å². The van der Waals surface area contributed by atoms with Gasteiger partial charge in [-0.25, -0.2) is 4.98 Å². The number of benzene rings is 1. The number of rotatable bonds is 2. The van der Waals surface area contributed by atoms with Crippen LogP contribution in [0.3, 0.4) is 0 Å². The Hall–Kier alpha value is -0.440. The van der Waals surface area contributed by atoms with Gasteiger partial charge in [-0.3, -0.25) is 9.36 Å². The molecule has 0 aliphatic carbocycles. The lowest BCUT2D eigenvalue weighted by Gasteiger charge is -2.07. The number of halogens is 2. The normalized spacial score (nSPS) is 10.5. The van der Waals surface area contributed by atoms with Crippen LogP contribution < -0.4 is 5.56 Å². The van der Waals surface area contributed by atoms with Crippen molar-refractivity contribution >= 4 is 45.2 Å². The van der Waals surface area contributed by atoms with E-state index >= 15 is 0 Å². The number of aromatic nitrogens is 2. The Morgan fingerprint density at radius 2 is 1.88 bits per heavy atom. The molecule has 0 bridgehead atoms. The molecule has 0 saturated heterocycles. The summed E-state index contributed by atoms with van der Waals surface area (Å²) in [6, 6.07) is 8.13. The number of hydrogen-bond acceptors (Lipinski definition) is 2. The Kier molecular flexibility index (Phi) is 4.18. The Labute approximate surface area is 127 Å². The summed E-state index contributed by atoms with van der Waals surface area (Å²) >= 11 is 4.31. The maximum absolute atomic E-state index is 12.0. The molecular weight excluding hydrogens is 442 g/mol. The molecule has 3 nitrogen and oxygen atoms in total. The van der Waals surface area contributed by atoms with Gasteiger partial charge in [0.05, 0.1) is 22.1 Å². The van der Waals surface area contributed by atoms with Crippen LogP contribution >= 0.6 is 45.2 Å². The average Bonchev–Trinajstić information content (AvgIpc) is 2.33. The van der Waals surface area contributed by atoms with Crippen molar-refractivity contribution in [1.29, 1.82) is 0 Å². The highest BCUT2D eigenvalue weighted by Gasteiger charge is 2.05. The second kappa shape index (κ2) is 5.47. The van der Waals surface area contributed by atoms with Crippen LogP contribution in [-0.4, -0.2) is 9.55 Å². The average molecular weight is 452 g/mol. The third-order valence-electron chi connectivity index (χ3n) is 2.42. The molecule has 0 radical (unpaired) electrons. The molecule has 0 saturated carbocycles. The molecule has 88 valence electrons. The second-order valence-corrected chi connectivity index (χ2v) is 6.03. The fourth-order valence-electron chi connectivity index (χ4n) is 1.45. The zero-order valence-corrected chi connectivity index (χ0v) is 13.5. The first-order valence-corrected chi connectivity index (χ1v) is 7.19. The summed E-state index contributed by atoms with van der Waals surface area (Å²) in [6.07, 6.45) is 1.61. The predicted molar refractivity (Wildman–Crippen MR) is 84.2 cm³/mol. The van der Waals surface area contributed by atoms with Gasteiger partial charge in [-0.2, -0.15) is 0 Å². The minimum absolute atomic E-state index is 0.0247. The van der Waals surface area contributed by atoms with Crippen molar-refractivity contribution in [2.75, 3.05) is 0 Å². The van der Waals surface area contributed by atoms with E-state index in [0.717, 1.165) is 11.3 Å². The highest BCUT2D eigenvalue weighted by molar-refractivity contribution is 14.1. The van der Waals surface area contributed by atoms with Gasteiger partial charge in [0.15, 0.2) is 0 Å². The third kappa shape index (κ3) is 3.06. The summed E-state index contributed by atoms with van der Waals surface area (Å²) < 4.78 is 3.52. The number of aryl methyl sites for hydroxylation is 1. The minimum Gasteiger partial charge on any atom is -0.294 e. The zero-order chi connectivity index (χ0) is 12.4. The molecule has 0 atom stereocenters. The van der Waals surface area contributed by atoms with Crippen LogP contribution in [0.4, 0.5) is 0 Å². The number of hydrogen-bond donors (Lipinski definition) is 0. The highest BCUT2D eigenvalue weighted by atomic mass is 127. The Morgan fingerprint density at radius 3 is 2.53 bits per heavy atom. The lowest BCUT2D eigenvalue weighted by Crippen LogP contribution is -2.24. The summed E-state index contributed by atoms with van der Waals surface area (Å²) in [4.78, 5) is 16.2. The van der Waals surface area contributed by atoms with Crippen molar-refractivity contribution in [1.82, 2.24) is 9.55 Å². The second-order valence-electron chi connectivity index (χ2n) is 3.70. The molecule has 0 N–H and O–H groups in total. The minimum atomic E-state index is 0.0247. The zero-order valence-electron chi connectivity index (χ0n) is 9.15. The van der Waals surface area contributed by atoms with E-state index in [9.17, 15) is 4.79 Å². The van der Waals surface area contributed by atoms with Crippen molar-refractivity contribution in [3.05, 3.63) is 59.3 Å². The van der Waals surface area contributed by atoms with Gasteiger partial charge in [0, 0.05) is 3.57 Å².